The van der Waals surface area contributed by atoms with Crippen molar-refractivity contribution < 1.29 is 18.4 Å². The average Bonchev–Trinajstić information content (AvgIpc) is 3.32. The largest absolute Gasteiger partial charge is 0.467 e. The van der Waals surface area contributed by atoms with E-state index in [9.17, 15) is 14.0 Å². The van der Waals surface area contributed by atoms with Crippen LogP contribution < -0.4 is 4.90 Å². The average molecular weight is 455 g/mol. The summed E-state index contributed by atoms with van der Waals surface area (Å²) in [7, 11) is 0. The number of para-hydroxylation sites is 2. The van der Waals surface area contributed by atoms with Crippen molar-refractivity contribution in [2.75, 3.05) is 11.4 Å². The van der Waals surface area contributed by atoms with Gasteiger partial charge in [0, 0.05) is 17.8 Å². The summed E-state index contributed by atoms with van der Waals surface area (Å²) in [5.74, 6) is -0.398. The van der Waals surface area contributed by atoms with Crippen molar-refractivity contribution in [1.82, 2.24) is 9.47 Å². The summed E-state index contributed by atoms with van der Waals surface area (Å²) in [6.07, 6.45) is 5.22. The van der Waals surface area contributed by atoms with Crippen LogP contribution in [0.15, 0.2) is 89.7 Å². The van der Waals surface area contributed by atoms with Crippen LogP contribution in [0.1, 0.15) is 40.7 Å². The first-order valence-electron chi connectivity index (χ1n) is 11.3. The molecule has 0 N–H and O–H groups in total. The van der Waals surface area contributed by atoms with Crippen LogP contribution in [-0.4, -0.2) is 33.9 Å². The van der Waals surface area contributed by atoms with E-state index >= 15 is 0 Å². The Hall–Kier alpha value is -4.13. The van der Waals surface area contributed by atoms with Crippen LogP contribution in [0.4, 0.5) is 10.1 Å². The first-order valence-corrected chi connectivity index (χ1v) is 11.3. The van der Waals surface area contributed by atoms with E-state index in [0.29, 0.717) is 5.76 Å². The second-order valence-electron chi connectivity index (χ2n) is 8.65. The molecule has 0 bridgehead atoms. The van der Waals surface area contributed by atoms with Crippen LogP contribution >= 0.6 is 0 Å². The number of carbonyl (C=O) groups is 2. The fourth-order valence-corrected chi connectivity index (χ4v) is 4.74. The van der Waals surface area contributed by atoms with Gasteiger partial charge in [0.1, 0.15) is 24.2 Å². The van der Waals surface area contributed by atoms with Gasteiger partial charge in [0.2, 0.25) is 5.91 Å². The molecule has 1 atom stereocenters. The molecule has 3 heterocycles. The van der Waals surface area contributed by atoms with Crippen LogP contribution in [-0.2, 0) is 4.79 Å². The highest BCUT2D eigenvalue weighted by molar-refractivity contribution is 6.02. The molecule has 0 spiro atoms. The molecule has 34 heavy (non-hydrogen) atoms. The summed E-state index contributed by atoms with van der Waals surface area (Å²) in [4.78, 5) is 30.5. The number of hydrogen-bond donors (Lipinski definition) is 0. The van der Waals surface area contributed by atoms with Gasteiger partial charge in [-0.25, -0.2) is 4.39 Å². The highest BCUT2D eigenvalue weighted by Crippen LogP contribution is 2.42. The van der Waals surface area contributed by atoms with Crippen molar-refractivity contribution in [3.8, 4) is 5.69 Å². The Bertz CT molecular complexity index is 1370. The summed E-state index contributed by atoms with van der Waals surface area (Å²) < 4.78 is 21.6. The van der Waals surface area contributed by atoms with Gasteiger partial charge in [-0.1, -0.05) is 18.2 Å². The molecule has 1 aliphatic heterocycles. The summed E-state index contributed by atoms with van der Waals surface area (Å²) in [6, 6.07) is 20.4. The second kappa shape index (κ2) is 8.02. The van der Waals surface area contributed by atoms with Crippen molar-refractivity contribution >= 4 is 17.5 Å². The first kappa shape index (κ1) is 20.5. The smallest absolute Gasteiger partial charge is 0.254 e. The van der Waals surface area contributed by atoms with Gasteiger partial charge in [0.25, 0.3) is 5.91 Å². The molecule has 170 valence electrons. The molecule has 7 heteroatoms. The number of amides is 2. The van der Waals surface area contributed by atoms with Crippen molar-refractivity contribution in [2.45, 2.75) is 24.9 Å². The van der Waals surface area contributed by atoms with Crippen LogP contribution in [0, 0.1) is 5.82 Å². The molecule has 2 aromatic heterocycles. The highest BCUT2D eigenvalue weighted by Gasteiger charge is 2.41. The maximum Gasteiger partial charge on any atom is 0.254 e. The van der Waals surface area contributed by atoms with Gasteiger partial charge in [0.15, 0.2) is 0 Å². The molecule has 1 aliphatic carbocycles. The Labute approximate surface area is 195 Å². The zero-order valence-electron chi connectivity index (χ0n) is 18.3. The second-order valence-corrected chi connectivity index (χ2v) is 8.65. The predicted molar refractivity (Wildman–Crippen MR) is 124 cm³/mol. The molecule has 2 aliphatic rings. The Kier molecular flexibility index (Phi) is 4.83. The Morgan fingerprint density at radius 1 is 0.971 bits per heavy atom. The van der Waals surface area contributed by atoms with E-state index in [4.69, 9.17) is 4.42 Å². The fourth-order valence-electron chi connectivity index (χ4n) is 4.74. The highest BCUT2D eigenvalue weighted by atomic mass is 19.1. The minimum absolute atomic E-state index is 0.0225. The van der Waals surface area contributed by atoms with Crippen LogP contribution in [0.2, 0.25) is 0 Å². The molecule has 6 rings (SSSR count). The maximum absolute atomic E-state index is 14.0. The number of benzene rings is 2. The summed E-state index contributed by atoms with van der Waals surface area (Å²) in [5, 5.41) is 0. The van der Waals surface area contributed by atoms with Gasteiger partial charge in [-0.2, -0.15) is 0 Å². The zero-order valence-corrected chi connectivity index (χ0v) is 18.3. The first-order chi connectivity index (χ1) is 16.6. The standard InChI is InChI=1S/C27H22FN3O3/c28-19-7-3-6-18(16-19)27(33)30(20-12-13-20)17-25(32)31-22-9-2-1-8-21(22)29-14-4-10-23(29)26(31)24-11-5-15-34-24/h1-11,14-16,20,26H,12-13,17H2. The molecule has 1 unspecified atom stereocenters. The number of anilines is 1. The van der Waals surface area contributed by atoms with E-state index in [1.165, 1.54) is 18.2 Å². The third kappa shape index (κ3) is 3.41. The molecule has 0 saturated heterocycles. The van der Waals surface area contributed by atoms with Crippen molar-refractivity contribution in [2.24, 2.45) is 0 Å². The van der Waals surface area contributed by atoms with Gasteiger partial charge in [-0.3, -0.25) is 14.5 Å². The number of furan rings is 1. The van der Waals surface area contributed by atoms with Crippen LogP contribution in [0.5, 0.6) is 0 Å². The van der Waals surface area contributed by atoms with Gasteiger partial charge in [-0.15, -0.1) is 0 Å². The predicted octanol–water partition coefficient (Wildman–Crippen LogP) is 4.95. The SMILES string of the molecule is O=C(c1cccc(F)c1)N(CC(=O)N1c2ccccc2-n2cccc2C1c1ccco1)C1CC1. The van der Waals surface area contributed by atoms with Crippen LogP contribution in [0.3, 0.4) is 0 Å². The molecular formula is C27H22FN3O3. The van der Waals surface area contributed by atoms with Crippen LogP contribution in [0.25, 0.3) is 5.69 Å². The van der Waals surface area contributed by atoms with Gasteiger partial charge in [-0.05, 0) is 67.4 Å². The topological polar surface area (TPSA) is 58.7 Å². The van der Waals surface area contributed by atoms with Gasteiger partial charge >= 0.3 is 0 Å². The molecule has 1 fully saturated rings. The van der Waals surface area contributed by atoms with E-state index in [-0.39, 0.29) is 30.0 Å². The van der Waals surface area contributed by atoms with E-state index in [2.05, 4.69) is 4.57 Å². The van der Waals surface area contributed by atoms with Gasteiger partial charge in [0.05, 0.1) is 23.3 Å². The fraction of sp³-hybridized carbons (Fsp3) is 0.185. The lowest BCUT2D eigenvalue weighted by Crippen LogP contribution is -2.47. The lowest BCUT2D eigenvalue weighted by molar-refractivity contribution is -0.120. The quantitative estimate of drug-likeness (QED) is 0.428. The summed E-state index contributed by atoms with van der Waals surface area (Å²) >= 11 is 0. The number of halogens is 1. The summed E-state index contributed by atoms with van der Waals surface area (Å²) in [5.41, 5.74) is 2.77. The molecule has 1 saturated carbocycles. The number of aromatic nitrogens is 1. The minimum atomic E-state index is -0.475. The number of carbonyl (C=O) groups excluding carboxylic acids is 2. The van der Waals surface area contributed by atoms with Crippen molar-refractivity contribution in [3.05, 3.63) is 108 Å². The van der Waals surface area contributed by atoms with E-state index in [1.54, 1.807) is 28.2 Å². The normalized spacial score (nSPS) is 16.6. The molecule has 4 aromatic rings. The summed E-state index contributed by atoms with van der Waals surface area (Å²) in [6.45, 7) is -0.105. The Morgan fingerprint density at radius 3 is 2.53 bits per heavy atom. The molecule has 0 radical (unpaired) electrons. The van der Waals surface area contributed by atoms with E-state index in [1.807, 2.05) is 48.7 Å². The molecular weight excluding hydrogens is 433 g/mol. The maximum atomic E-state index is 14.0. The van der Waals surface area contributed by atoms with E-state index < -0.39 is 11.9 Å². The van der Waals surface area contributed by atoms with Crippen molar-refractivity contribution in [3.63, 3.8) is 0 Å². The Balaban J connectivity index is 1.39. The third-order valence-corrected chi connectivity index (χ3v) is 6.43. The molecule has 6 nitrogen and oxygen atoms in total. The molecule has 2 amide bonds. The lowest BCUT2D eigenvalue weighted by Gasteiger charge is -2.38. The minimum Gasteiger partial charge on any atom is -0.467 e. The van der Waals surface area contributed by atoms with Gasteiger partial charge < -0.3 is 13.9 Å². The van der Waals surface area contributed by atoms with Crippen molar-refractivity contribution in [1.29, 1.82) is 0 Å². The number of hydrogen-bond acceptors (Lipinski definition) is 3. The number of fused-ring (bicyclic) bond motifs is 3. The zero-order chi connectivity index (χ0) is 23.2. The Morgan fingerprint density at radius 2 is 1.79 bits per heavy atom. The number of nitrogens with zero attached hydrogens (tertiary/aromatic N) is 3. The number of rotatable bonds is 5. The molecule has 2 aromatic carbocycles. The third-order valence-electron chi connectivity index (χ3n) is 6.43. The van der Waals surface area contributed by atoms with E-state index in [0.717, 1.165) is 29.9 Å². The lowest BCUT2D eigenvalue weighted by atomic mass is 10.0. The monoisotopic (exact) mass is 455 g/mol.